The molecule has 106 valence electrons. The van der Waals surface area contributed by atoms with E-state index >= 15 is 0 Å². The zero-order valence-corrected chi connectivity index (χ0v) is 12.0. The Bertz CT molecular complexity index is 670. The average molecular weight is 298 g/mol. The summed E-state index contributed by atoms with van der Waals surface area (Å²) in [4.78, 5) is 26.8. The summed E-state index contributed by atoms with van der Waals surface area (Å²) < 4.78 is 0. The molecule has 1 fully saturated rings. The number of nitrogens with zero attached hydrogens (tertiary/aromatic N) is 1. The number of hydrogen-bond donors (Lipinski definition) is 1. The fraction of sp³-hybridized carbons (Fsp3) is 0.125. The van der Waals surface area contributed by atoms with Gasteiger partial charge in [-0.1, -0.05) is 18.2 Å². The van der Waals surface area contributed by atoms with Crippen molar-refractivity contribution in [3.8, 4) is 0 Å². The number of thioether (sulfide) groups is 1. The zero-order valence-electron chi connectivity index (χ0n) is 11.2. The minimum atomic E-state index is -0.374. The molecule has 2 amide bonds. The first-order chi connectivity index (χ1) is 10.1. The highest BCUT2D eigenvalue weighted by molar-refractivity contribution is 8.00. The quantitative estimate of drug-likeness (QED) is 0.699. The SMILES string of the molecule is Nc1ccc(S[C@H]2CC(=O)N(c3ccccc3)C2=O)cc1. The molecule has 3 rings (SSSR count). The summed E-state index contributed by atoms with van der Waals surface area (Å²) in [7, 11) is 0. The smallest absolute Gasteiger partial charge is 0.247 e. The van der Waals surface area contributed by atoms with Gasteiger partial charge in [0, 0.05) is 17.0 Å². The van der Waals surface area contributed by atoms with Crippen molar-refractivity contribution in [2.75, 3.05) is 10.6 Å². The second kappa shape index (κ2) is 5.61. The molecule has 4 nitrogen and oxygen atoms in total. The first kappa shape index (κ1) is 13.7. The van der Waals surface area contributed by atoms with Gasteiger partial charge in [0.05, 0.1) is 10.9 Å². The molecule has 2 aromatic carbocycles. The molecule has 1 aliphatic rings. The van der Waals surface area contributed by atoms with E-state index in [0.29, 0.717) is 11.4 Å². The molecule has 0 saturated carbocycles. The molecule has 0 unspecified atom stereocenters. The van der Waals surface area contributed by atoms with Crippen molar-refractivity contribution < 1.29 is 9.59 Å². The summed E-state index contributed by atoms with van der Waals surface area (Å²) in [5.74, 6) is -0.313. The largest absolute Gasteiger partial charge is 0.399 e. The predicted octanol–water partition coefficient (Wildman–Crippen LogP) is 2.69. The van der Waals surface area contributed by atoms with E-state index in [0.717, 1.165) is 4.90 Å². The van der Waals surface area contributed by atoms with Gasteiger partial charge in [0.15, 0.2) is 0 Å². The van der Waals surface area contributed by atoms with Gasteiger partial charge in [-0.2, -0.15) is 0 Å². The molecule has 0 bridgehead atoms. The molecule has 0 aliphatic carbocycles. The molecule has 5 heteroatoms. The van der Waals surface area contributed by atoms with Crippen LogP contribution in [0.25, 0.3) is 0 Å². The number of carbonyl (C=O) groups is 2. The van der Waals surface area contributed by atoms with Crippen LogP contribution >= 0.6 is 11.8 Å². The first-order valence-corrected chi connectivity index (χ1v) is 7.47. The summed E-state index contributed by atoms with van der Waals surface area (Å²) in [6.07, 6.45) is 0.225. The minimum absolute atomic E-state index is 0.154. The van der Waals surface area contributed by atoms with E-state index < -0.39 is 0 Å². The van der Waals surface area contributed by atoms with Crippen molar-refractivity contribution in [2.45, 2.75) is 16.6 Å². The van der Waals surface area contributed by atoms with Crippen LogP contribution in [0.1, 0.15) is 6.42 Å². The van der Waals surface area contributed by atoms with Gasteiger partial charge in [-0.25, -0.2) is 4.90 Å². The van der Waals surface area contributed by atoms with Gasteiger partial charge in [0.1, 0.15) is 0 Å². The minimum Gasteiger partial charge on any atom is -0.399 e. The van der Waals surface area contributed by atoms with E-state index in [-0.39, 0.29) is 23.5 Å². The molecule has 1 heterocycles. The predicted molar refractivity (Wildman–Crippen MR) is 84.1 cm³/mol. The summed E-state index contributed by atoms with van der Waals surface area (Å²) in [6, 6.07) is 16.3. The second-order valence-electron chi connectivity index (χ2n) is 4.78. The Hall–Kier alpha value is -2.27. The number of hydrogen-bond acceptors (Lipinski definition) is 4. The number of benzene rings is 2. The Morgan fingerprint density at radius 1 is 1.00 bits per heavy atom. The van der Waals surface area contributed by atoms with Gasteiger partial charge < -0.3 is 5.73 Å². The summed E-state index contributed by atoms with van der Waals surface area (Å²) in [5.41, 5.74) is 6.96. The summed E-state index contributed by atoms with van der Waals surface area (Å²) >= 11 is 1.40. The maximum atomic E-state index is 12.4. The summed E-state index contributed by atoms with van der Waals surface area (Å²) in [6.45, 7) is 0. The van der Waals surface area contributed by atoms with Gasteiger partial charge in [0.2, 0.25) is 11.8 Å². The highest BCUT2D eigenvalue weighted by atomic mass is 32.2. The molecule has 0 aromatic heterocycles. The monoisotopic (exact) mass is 298 g/mol. The number of imide groups is 1. The Morgan fingerprint density at radius 3 is 2.33 bits per heavy atom. The van der Waals surface area contributed by atoms with E-state index in [1.165, 1.54) is 16.7 Å². The van der Waals surface area contributed by atoms with E-state index in [4.69, 9.17) is 5.73 Å². The molecule has 1 saturated heterocycles. The normalized spacial score (nSPS) is 18.3. The fourth-order valence-electron chi connectivity index (χ4n) is 2.26. The highest BCUT2D eigenvalue weighted by Gasteiger charge is 2.39. The van der Waals surface area contributed by atoms with E-state index in [9.17, 15) is 9.59 Å². The van der Waals surface area contributed by atoms with Crippen LogP contribution in [0.4, 0.5) is 11.4 Å². The molecule has 2 N–H and O–H groups in total. The number of nitrogen functional groups attached to an aromatic ring is 1. The number of para-hydroxylation sites is 1. The third-order valence-corrected chi connectivity index (χ3v) is 4.48. The zero-order chi connectivity index (χ0) is 14.8. The van der Waals surface area contributed by atoms with Crippen LogP contribution in [0.5, 0.6) is 0 Å². The maximum absolute atomic E-state index is 12.4. The van der Waals surface area contributed by atoms with Crippen molar-refractivity contribution in [1.29, 1.82) is 0 Å². The number of rotatable bonds is 3. The molecular formula is C16H14N2O2S. The van der Waals surface area contributed by atoms with E-state index in [2.05, 4.69) is 0 Å². The maximum Gasteiger partial charge on any atom is 0.247 e. The molecule has 2 aromatic rings. The molecule has 0 radical (unpaired) electrons. The first-order valence-electron chi connectivity index (χ1n) is 6.59. The lowest BCUT2D eigenvalue weighted by molar-refractivity contribution is -0.121. The highest BCUT2D eigenvalue weighted by Crippen LogP contribution is 2.34. The Labute approximate surface area is 126 Å². The Morgan fingerprint density at radius 2 is 1.67 bits per heavy atom. The molecular weight excluding hydrogens is 284 g/mol. The topological polar surface area (TPSA) is 63.4 Å². The Kier molecular flexibility index (Phi) is 3.66. The van der Waals surface area contributed by atoms with Crippen LogP contribution in [0, 0.1) is 0 Å². The van der Waals surface area contributed by atoms with Crippen molar-refractivity contribution in [3.05, 3.63) is 54.6 Å². The second-order valence-corrected chi connectivity index (χ2v) is 6.06. The molecule has 1 atom stereocenters. The van der Waals surface area contributed by atoms with Crippen molar-refractivity contribution in [1.82, 2.24) is 0 Å². The third kappa shape index (κ3) is 2.78. The van der Waals surface area contributed by atoms with Crippen molar-refractivity contribution >= 4 is 35.0 Å². The van der Waals surface area contributed by atoms with Gasteiger partial charge in [-0.15, -0.1) is 11.8 Å². The molecule has 1 aliphatic heterocycles. The fourth-order valence-corrected chi connectivity index (χ4v) is 3.31. The van der Waals surface area contributed by atoms with Gasteiger partial charge >= 0.3 is 0 Å². The standard InChI is InChI=1S/C16H14N2O2S/c17-11-6-8-13(9-7-11)21-14-10-15(19)18(16(14)20)12-4-2-1-3-5-12/h1-9,14H,10,17H2/t14-/m0/s1. The van der Waals surface area contributed by atoms with Crippen LogP contribution in [-0.4, -0.2) is 17.1 Å². The van der Waals surface area contributed by atoms with Gasteiger partial charge in [-0.05, 0) is 36.4 Å². The van der Waals surface area contributed by atoms with Gasteiger partial charge in [-0.3, -0.25) is 9.59 Å². The third-order valence-electron chi connectivity index (χ3n) is 3.28. The van der Waals surface area contributed by atoms with Crippen molar-refractivity contribution in [2.24, 2.45) is 0 Å². The number of anilines is 2. The van der Waals surface area contributed by atoms with Crippen LogP contribution in [0.15, 0.2) is 59.5 Å². The number of amides is 2. The van der Waals surface area contributed by atoms with Crippen molar-refractivity contribution in [3.63, 3.8) is 0 Å². The summed E-state index contributed by atoms with van der Waals surface area (Å²) in [5, 5.41) is -0.374. The van der Waals surface area contributed by atoms with Crippen LogP contribution in [0.2, 0.25) is 0 Å². The van der Waals surface area contributed by atoms with Crippen LogP contribution in [-0.2, 0) is 9.59 Å². The molecule has 0 spiro atoms. The lowest BCUT2D eigenvalue weighted by Gasteiger charge is -2.14. The Balaban J connectivity index is 1.79. The van der Waals surface area contributed by atoms with Crippen LogP contribution in [0.3, 0.4) is 0 Å². The lowest BCUT2D eigenvalue weighted by Crippen LogP contribution is -2.30. The number of nitrogens with two attached hydrogens (primary N) is 1. The van der Waals surface area contributed by atoms with E-state index in [1.807, 2.05) is 30.3 Å². The average Bonchev–Trinajstić information content (AvgIpc) is 2.77. The van der Waals surface area contributed by atoms with Gasteiger partial charge in [0.25, 0.3) is 0 Å². The molecule has 21 heavy (non-hydrogen) atoms. The van der Waals surface area contributed by atoms with E-state index in [1.54, 1.807) is 24.3 Å². The number of carbonyl (C=O) groups excluding carboxylic acids is 2. The lowest BCUT2D eigenvalue weighted by atomic mass is 10.3. The van der Waals surface area contributed by atoms with Crippen LogP contribution < -0.4 is 10.6 Å².